The van der Waals surface area contributed by atoms with Crippen LogP contribution in [0.5, 0.6) is 11.5 Å². The van der Waals surface area contributed by atoms with E-state index in [1.54, 1.807) is 29.8 Å². The van der Waals surface area contributed by atoms with Crippen LogP contribution in [0.25, 0.3) is 0 Å². The van der Waals surface area contributed by atoms with Crippen LogP contribution >= 0.6 is 11.3 Å². The van der Waals surface area contributed by atoms with Crippen molar-refractivity contribution in [2.24, 2.45) is 5.14 Å². The topological polar surface area (TPSA) is 121 Å². The maximum atomic E-state index is 12.4. The first-order valence-corrected chi connectivity index (χ1v) is 10.5. The van der Waals surface area contributed by atoms with Crippen molar-refractivity contribution in [1.82, 2.24) is 4.98 Å². The van der Waals surface area contributed by atoms with E-state index < -0.39 is 15.9 Å². The first kappa shape index (κ1) is 19.8. The van der Waals surface area contributed by atoms with Crippen LogP contribution in [0.2, 0.25) is 0 Å². The van der Waals surface area contributed by atoms with Gasteiger partial charge in [0.2, 0.25) is 10.0 Å². The summed E-state index contributed by atoms with van der Waals surface area (Å²) in [5.74, 6) is 0.296. The van der Waals surface area contributed by atoms with Crippen molar-refractivity contribution < 1.29 is 22.7 Å². The Morgan fingerprint density at radius 2 is 1.96 bits per heavy atom. The Morgan fingerprint density at radius 3 is 2.57 bits per heavy atom. The van der Waals surface area contributed by atoms with Crippen LogP contribution in [-0.2, 0) is 16.6 Å². The Morgan fingerprint density at radius 1 is 1.21 bits per heavy atom. The minimum Gasteiger partial charge on any atom is -0.495 e. The van der Waals surface area contributed by atoms with Gasteiger partial charge in [-0.3, -0.25) is 4.79 Å². The molecule has 2 aromatic carbocycles. The molecular weight excluding hydrogens is 402 g/mol. The number of thiazole rings is 1. The number of nitrogens with two attached hydrogens (primary N) is 1. The van der Waals surface area contributed by atoms with E-state index in [2.05, 4.69) is 10.3 Å². The number of ether oxygens (including phenoxy) is 2. The number of rotatable bonds is 7. The van der Waals surface area contributed by atoms with Gasteiger partial charge in [0, 0.05) is 16.6 Å². The Kier molecular flexibility index (Phi) is 5.93. The summed E-state index contributed by atoms with van der Waals surface area (Å²) >= 11 is 1.49. The first-order chi connectivity index (χ1) is 13.4. The second kappa shape index (κ2) is 8.38. The highest BCUT2D eigenvalue weighted by molar-refractivity contribution is 7.89. The van der Waals surface area contributed by atoms with Gasteiger partial charge in [0.25, 0.3) is 5.91 Å². The summed E-state index contributed by atoms with van der Waals surface area (Å²) in [6.07, 6.45) is 0. The number of aromatic nitrogens is 1. The Hall–Kier alpha value is -2.95. The lowest BCUT2D eigenvalue weighted by molar-refractivity contribution is 0.102. The zero-order valence-electron chi connectivity index (χ0n) is 14.8. The van der Waals surface area contributed by atoms with Crippen LogP contribution in [0.1, 0.15) is 16.1 Å². The molecule has 0 saturated carbocycles. The van der Waals surface area contributed by atoms with Gasteiger partial charge in [0.1, 0.15) is 23.0 Å². The Balaban J connectivity index is 1.69. The molecule has 1 amide bonds. The van der Waals surface area contributed by atoms with Crippen LogP contribution in [0, 0.1) is 0 Å². The minimum absolute atomic E-state index is 0.0992. The van der Waals surface area contributed by atoms with Crippen molar-refractivity contribution >= 4 is 33.0 Å². The van der Waals surface area contributed by atoms with Crippen molar-refractivity contribution in [3.63, 3.8) is 0 Å². The Bertz CT molecular complexity index is 1070. The number of carbonyl (C=O) groups is 1. The summed E-state index contributed by atoms with van der Waals surface area (Å²) in [6, 6.07) is 10.8. The smallest absolute Gasteiger partial charge is 0.255 e. The van der Waals surface area contributed by atoms with Crippen molar-refractivity contribution in [1.29, 1.82) is 0 Å². The molecule has 0 atom stereocenters. The summed E-state index contributed by atoms with van der Waals surface area (Å²) in [5.41, 5.74) is 3.22. The number of benzene rings is 2. The maximum Gasteiger partial charge on any atom is 0.255 e. The zero-order valence-corrected chi connectivity index (χ0v) is 16.4. The van der Waals surface area contributed by atoms with Crippen LogP contribution in [0.3, 0.4) is 0 Å². The van der Waals surface area contributed by atoms with Gasteiger partial charge in [0.05, 0.1) is 18.3 Å². The molecule has 0 spiro atoms. The summed E-state index contributed by atoms with van der Waals surface area (Å²) in [6.45, 7) is 0.344. The third-order valence-electron chi connectivity index (χ3n) is 3.71. The lowest BCUT2D eigenvalue weighted by Crippen LogP contribution is -2.16. The fourth-order valence-corrected chi connectivity index (χ4v) is 3.61. The first-order valence-electron chi connectivity index (χ1n) is 7.99. The fraction of sp³-hybridized carbons (Fsp3) is 0.111. The van der Waals surface area contributed by atoms with E-state index in [4.69, 9.17) is 14.6 Å². The molecule has 1 heterocycles. The molecule has 3 rings (SSSR count). The fourth-order valence-electron chi connectivity index (χ4n) is 2.35. The monoisotopic (exact) mass is 419 g/mol. The average Bonchev–Trinajstić information content (AvgIpc) is 3.19. The Labute approximate surface area is 166 Å². The molecule has 3 aromatic rings. The SMILES string of the molecule is COc1ccc(NC(=O)c2ccc(OCc3cscn3)cc2)cc1S(N)(=O)=O. The quantitative estimate of drug-likeness (QED) is 0.607. The third kappa shape index (κ3) is 4.85. The molecule has 146 valence electrons. The highest BCUT2D eigenvalue weighted by Gasteiger charge is 2.16. The summed E-state index contributed by atoms with van der Waals surface area (Å²) in [5, 5.41) is 9.71. The van der Waals surface area contributed by atoms with Gasteiger partial charge in [-0.15, -0.1) is 11.3 Å². The number of methoxy groups -OCH3 is 1. The second-order valence-electron chi connectivity index (χ2n) is 5.66. The number of nitrogens with zero attached hydrogens (tertiary/aromatic N) is 1. The highest BCUT2D eigenvalue weighted by Crippen LogP contribution is 2.26. The van der Waals surface area contributed by atoms with Gasteiger partial charge < -0.3 is 14.8 Å². The van der Waals surface area contributed by atoms with E-state index in [0.29, 0.717) is 17.9 Å². The molecule has 0 fully saturated rings. The second-order valence-corrected chi connectivity index (χ2v) is 7.91. The van der Waals surface area contributed by atoms with Crippen molar-refractivity contribution in [3.05, 3.63) is 64.6 Å². The predicted molar refractivity (Wildman–Crippen MR) is 105 cm³/mol. The van der Waals surface area contributed by atoms with Crippen LogP contribution in [0.15, 0.2) is 58.3 Å². The van der Waals surface area contributed by atoms with E-state index in [9.17, 15) is 13.2 Å². The van der Waals surface area contributed by atoms with Crippen LogP contribution in [-0.4, -0.2) is 26.4 Å². The number of sulfonamides is 1. The van der Waals surface area contributed by atoms with E-state index in [0.717, 1.165) is 5.69 Å². The largest absolute Gasteiger partial charge is 0.495 e. The average molecular weight is 419 g/mol. The van der Waals surface area contributed by atoms with Crippen molar-refractivity contribution in [2.45, 2.75) is 11.5 Å². The molecule has 0 aliphatic carbocycles. The summed E-state index contributed by atoms with van der Waals surface area (Å²) in [7, 11) is -2.66. The van der Waals surface area contributed by atoms with E-state index in [1.807, 2.05) is 5.38 Å². The van der Waals surface area contributed by atoms with E-state index in [1.165, 1.54) is 36.6 Å². The summed E-state index contributed by atoms with van der Waals surface area (Å²) in [4.78, 5) is 16.3. The molecule has 1 aromatic heterocycles. The molecule has 10 heteroatoms. The van der Waals surface area contributed by atoms with Gasteiger partial charge in [-0.25, -0.2) is 18.5 Å². The number of carbonyl (C=O) groups excluding carboxylic acids is 1. The molecule has 0 aliphatic heterocycles. The van der Waals surface area contributed by atoms with Crippen LogP contribution < -0.4 is 19.9 Å². The van der Waals surface area contributed by atoms with Crippen molar-refractivity contribution in [3.8, 4) is 11.5 Å². The lowest BCUT2D eigenvalue weighted by Gasteiger charge is -2.11. The van der Waals surface area contributed by atoms with Crippen molar-refractivity contribution in [2.75, 3.05) is 12.4 Å². The highest BCUT2D eigenvalue weighted by atomic mass is 32.2. The van der Waals surface area contributed by atoms with E-state index >= 15 is 0 Å². The number of anilines is 1. The zero-order chi connectivity index (χ0) is 20.1. The normalized spacial score (nSPS) is 11.1. The molecule has 8 nitrogen and oxygen atoms in total. The molecule has 0 saturated heterocycles. The number of primary sulfonamides is 1. The van der Waals surface area contributed by atoms with Crippen LogP contribution in [0.4, 0.5) is 5.69 Å². The molecule has 0 radical (unpaired) electrons. The van der Waals surface area contributed by atoms with Gasteiger partial charge in [0.15, 0.2) is 0 Å². The van der Waals surface area contributed by atoms with Gasteiger partial charge in [-0.2, -0.15) is 0 Å². The van der Waals surface area contributed by atoms with Gasteiger partial charge in [-0.1, -0.05) is 0 Å². The maximum absolute atomic E-state index is 12.4. The summed E-state index contributed by atoms with van der Waals surface area (Å²) < 4.78 is 33.9. The van der Waals surface area contributed by atoms with E-state index in [-0.39, 0.29) is 16.3 Å². The number of amides is 1. The molecule has 28 heavy (non-hydrogen) atoms. The molecule has 0 unspecified atom stereocenters. The standard InChI is InChI=1S/C18H17N3O5S2/c1-25-16-7-4-13(8-17(16)28(19,23)24)21-18(22)12-2-5-15(6-3-12)26-9-14-10-27-11-20-14/h2-8,10-11H,9H2,1H3,(H,21,22)(H2,19,23,24). The molecular formula is C18H17N3O5S2. The van der Waals surface area contributed by atoms with Gasteiger partial charge in [-0.05, 0) is 42.5 Å². The molecule has 0 bridgehead atoms. The number of hydrogen-bond donors (Lipinski definition) is 2. The van der Waals surface area contributed by atoms with Gasteiger partial charge >= 0.3 is 0 Å². The minimum atomic E-state index is -4.00. The predicted octanol–water partition coefficient (Wildman–Crippen LogP) is 2.63. The number of nitrogens with one attached hydrogen (secondary N) is 1. The molecule has 0 aliphatic rings. The number of hydrogen-bond acceptors (Lipinski definition) is 7. The lowest BCUT2D eigenvalue weighted by atomic mass is 10.2. The molecule has 3 N–H and O–H groups in total. The third-order valence-corrected chi connectivity index (χ3v) is 5.28.